The number of hydrogen-bond acceptors (Lipinski definition) is 3. The third-order valence-electron chi connectivity index (χ3n) is 3.92. The van der Waals surface area contributed by atoms with Crippen LogP contribution in [0.5, 0.6) is 0 Å². The van der Waals surface area contributed by atoms with Crippen LogP contribution in [0.15, 0.2) is 41.3 Å². The van der Waals surface area contributed by atoms with E-state index < -0.39 is 5.60 Å². The molecule has 0 spiro atoms. The lowest BCUT2D eigenvalue weighted by molar-refractivity contribution is -0.162. The summed E-state index contributed by atoms with van der Waals surface area (Å²) >= 11 is 4.66. The van der Waals surface area contributed by atoms with E-state index in [-0.39, 0.29) is 11.9 Å². The molecule has 0 bridgehead atoms. The largest absolute Gasteiger partial charge is 0.455 e. The highest BCUT2D eigenvalue weighted by molar-refractivity contribution is 7.80. The summed E-state index contributed by atoms with van der Waals surface area (Å²) in [4.78, 5) is 13.0. The Morgan fingerprint density at radius 2 is 1.90 bits per heavy atom. The summed E-state index contributed by atoms with van der Waals surface area (Å²) in [6.45, 7) is 7.70. The van der Waals surface area contributed by atoms with Crippen LogP contribution in [0.1, 0.15) is 39.7 Å². The fourth-order valence-electron chi connectivity index (χ4n) is 2.31. The molecule has 2 nitrogen and oxygen atoms in total. The van der Waals surface area contributed by atoms with E-state index in [4.69, 9.17) is 4.74 Å². The Morgan fingerprint density at radius 1 is 1.24 bits per heavy atom. The molecular formula is C18H22O2S. The zero-order valence-corrected chi connectivity index (χ0v) is 13.9. The van der Waals surface area contributed by atoms with Gasteiger partial charge in [0.15, 0.2) is 0 Å². The average molecular weight is 302 g/mol. The first-order chi connectivity index (χ1) is 9.86. The molecule has 0 fully saturated rings. The van der Waals surface area contributed by atoms with Gasteiger partial charge in [-0.1, -0.05) is 50.2 Å². The van der Waals surface area contributed by atoms with Gasteiger partial charge in [-0.3, -0.25) is 4.79 Å². The van der Waals surface area contributed by atoms with E-state index in [9.17, 15) is 4.79 Å². The van der Waals surface area contributed by atoms with E-state index in [2.05, 4.69) is 18.7 Å². The Hall–Kier alpha value is -1.48. The van der Waals surface area contributed by atoms with Crippen LogP contribution in [0.3, 0.4) is 0 Å². The zero-order valence-electron chi connectivity index (χ0n) is 13.0. The van der Waals surface area contributed by atoms with Crippen LogP contribution in [0, 0.1) is 5.92 Å². The number of carbonyl (C=O) groups excluding carboxylic acids is 1. The summed E-state index contributed by atoms with van der Waals surface area (Å²) in [6, 6.07) is 12.1. The summed E-state index contributed by atoms with van der Waals surface area (Å²) < 4.78 is 5.72. The minimum atomic E-state index is -0.693. The Labute approximate surface area is 131 Å². The first kappa shape index (κ1) is 15.9. The predicted molar refractivity (Wildman–Crippen MR) is 89.8 cm³/mol. The number of ether oxygens (including phenoxy) is 1. The molecule has 0 saturated carbocycles. The second-order valence-electron chi connectivity index (χ2n) is 5.92. The van der Waals surface area contributed by atoms with Crippen molar-refractivity contribution in [2.24, 2.45) is 5.92 Å². The molecule has 1 atom stereocenters. The second-order valence-corrected chi connectivity index (χ2v) is 6.37. The van der Waals surface area contributed by atoms with Crippen LogP contribution < -0.4 is 0 Å². The molecule has 2 aromatic rings. The number of esters is 1. The number of benzene rings is 2. The van der Waals surface area contributed by atoms with Gasteiger partial charge in [0.1, 0.15) is 5.60 Å². The molecule has 0 aliphatic rings. The second kappa shape index (κ2) is 6.10. The van der Waals surface area contributed by atoms with Gasteiger partial charge in [-0.15, -0.1) is 12.6 Å². The molecule has 0 aliphatic carbocycles. The minimum Gasteiger partial charge on any atom is -0.455 e. The lowest BCUT2D eigenvalue weighted by atomic mass is 9.94. The van der Waals surface area contributed by atoms with Gasteiger partial charge in [0, 0.05) is 10.5 Å². The Morgan fingerprint density at radius 3 is 2.57 bits per heavy atom. The van der Waals surface area contributed by atoms with Gasteiger partial charge in [-0.25, -0.2) is 0 Å². The predicted octanol–water partition coefficient (Wildman–Crippen LogP) is 4.95. The van der Waals surface area contributed by atoms with Crippen LogP contribution in [-0.2, 0) is 15.1 Å². The Bertz CT molecular complexity index is 661. The van der Waals surface area contributed by atoms with E-state index in [0.717, 1.165) is 27.7 Å². The summed E-state index contributed by atoms with van der Waals surface area (Å²) in [5, 5.41) is 2.21. The number of hydrogen-bond donors (Lipinski definition) is 1. The van der Waals surface area contributed by atoms with Crippen LogP contribution in [0.4, 0.5) is 0 Å². The molecule has 2 rings (SSSR count). The first-order valence-corrected chi connectivity index (χ1v) is 7.75. The molecule has 112 valence electrons. The molecule has 0 N–H and O–H groups in total. The van der Waals surface area contributed by atoms with Crippen molar-refractivity contribution in [1.82, 2.24) is 0 Å². The first-order valence-electron chi connectivity index (χ1n) is 7.31. The maximum absolute atomic E-state index is 12.1. The molecule has 0 aliphatic heterocycles. The molecule has 0 saturated heterocycles. The van der Waals surface area contributed by atoms with Crippen molar-refractivity contribution in [2.45, 2.75) is 44.6 Å². The maximum atomic E-state index is 12.1. The Kier molecular flexibility index (Phi) is 4.62. The van der Waals surface area contributed by atoms with Gasteiger partial charge >= 0.3 is 5.97 Å². The number of carbonyl (C=O) groups is 1. The molecule has 0 amide bonds. The quantitative estimate of drug-likeness (QED) is 0.638. The van der Waals surface area contributed by atoms with Crippen molar-refractivity contribution in [3.05, 3.63) is 42.0 Å². The van der Waals surface area contributed by atoms with Crippen LogP contribution in [0.2, 0.25) is 0 Å². The summed E-state index contributed by atoms with van der Waals surface area (Å²) in [7, 11) is 0. The number of rotatable bonds is 4. The molecule has 3 heteroatoms. The van der Waals surface area contributed by atoms with E-state index in [1.807, 2.05) is 58.0 Å². The number of fused-ring (bicyclic) bond motifs is 1. The third-order valence-corrected chi connectivity index (χ3v) is 4.40. The highest BCUT2D eigenvalue weighted by Gasteiger charge is 2.29. The topological polar surface area (TPSA) is 26.3 Å². The van der Waals surface area contributed by atoms with Crippen molar-refractivity contribution in [3.63, 3.8) is 0 Å². The van der Waals surface area contributed by atoms with Crippen molar-refractivity contribution < 1.29 is 9.53 Å². The fourth-order valence-corrected chi connectivity index (χ4v) is 2.86. The van der Waals surface area contributed by atoms with Crippen molar-refractivity contribution >= 4 is 29.4 Å². The van der Waals surface area contributed by atoms with E-state index in [0.29, 0.717) is 0 Å². The normalized spacial score (nSPS) is 13.2. The smallest absolute Gasteiger partial charge is 0.309 e. The molecule has 2 aromatic carbocycles. The molecule has 21 heavy (non-hydrogen) atoms. The molecular weight excluding hydrogens is 280 g/mol. The molecule has 0 radical (unpaired) electrons. The summed E-state index contributed by atoms with van der Waals surface area (Å²) in [5.41, 5.74) is 0.239. The SMILES string of the molecule is CCC(C)C(=O)OC(C)(C)c1ccc2ccccc2c1S. The van der Waals surface area contributed by atoms with Gasteiger partial charge in [-0.2, -0.15) is 0 Å². The van der Waals surface area contributed by atoms with Gasteiger partial charge in [-0.05, 0) is 31.0 Å². The van der Waals surface area contributed by atoms with Crippen LogP contribution in [0.25, 0.3) is 10.8 Å². The van der Waals surface area contributed by atoms with Crippen LogP contribution >= 0.6 is 12.6 Å². The van der Waals surface area contributed by atoms with Crippen molar-refractivity contribution in [3.8, 4) is 0 Å². The van der Waals surface area contributed by atoms with Gasteiger partial charge < -0.3 is 4.74 Å². The van der Waals surface area contributed by atoms with E-state index in [1.54, 1.807) is 0 Å². The molecule has 0 heterocycles. The minimum absolute atomic E-state index is 0.0897. The fraction of sp³-hybridized carbons (Fsp3) is 0.389. The lowest BCUT2D eigenvalue weighted by Gasteiger charge is -2.28. The maximum Gasteiger partial charge on any atom is 0.309 e. The third kappa shape index (κ3) is 3.24. The molecule has 1 unspecified atom stereocenters. The van der Waals surface area contributed by atoms with Crippen molar-refractivity contribution in [1.29, 1.82) is 0 Å². The zero-order chi connectivity index (χ0) is 15.6. The molecule has 0 aromatic heterocycles. The van der Waals surface area contributed by atoms with Crippen LogP contribution in [-0.4, -0.2) is 5.97 Å². The number of thiol groups is 1. The Balaban J connectivity index is 2.40. The average Bonchev–Trinajstić information content (AvgIpc) is 2.46. The monoisotopic (exact) mass is 302 g/mol. The van der Waals surface area contributed by atoms with E-state index >= 15 is 0 Å². The van der Waals surface area contributed by atoms with E-state index in [1.165, 1.54) is 0 Å². The highest BCUT2D eigenvalue weighted by atomic mass is 32.1. The summed E-state index contributed by atoms with van der Waals surface area (Å²) in [6.07, 6.45) is 0.778. The lowest BCUT2D eigenvalue weighted by Crippen LogP contribution is -2.29. The summed E-state index contributed by atoms with van der Waals surface area (Å²) in [5.74, 6) is -0.253. The highest BCUT2D eigenvalue weighted by Crippen LogP contribution is 2.35. The van der Waals surface area contributed by atoms with Gasteiger partial charge in [0.25, 0.3) is 0 Å². The van der Waals surface area contributed by atoms with Gasteiger partial charge in [0.05, 0.1) is 5.92 Å². The standard InChI is InChI=1S/C18H22O2S/c1-5-12(2)17(19)20-18(3,4)15-11-10-13-8-6-7-9-14(13)16(15)21/h6-12,21H,5H2,1-4H3. The van der Waals surface area contributed by atoms with Crippen molar-refractivity contribution in [2.75, 3.05) is 0 Å². The van der Waals surface area contributed by atoms with Gasteiger partial charge in [0.2, 0.25) is 0 Å².